The number of hydrogen-bond donors (Lipinski definition) is 4. The monoisotopic (exact) mass is 390 g/mol. The van der Waals surface area contributed by atoms with Crippen molar-refractivity contribution in [2.75, 3.05) is 6.67 Å². The van der Waals surface area contributed by atoms with Crippen LogP contribution in [-0.2, 0) is 19.2 Å². The Hall–Kier alpha value is -2.20. The van der Waals surface area contributed by atoms with Crippen LogP contribution < -0.4 is 21.7 Å². The average molecular weight is 390 g/mol. The summed E-state index contributed by atoms with van der Waals surface area (Å²) in [6.45, 7) is 0.750. The zero-order valence-electron chi connectivity index (χ0n) is 15.4. The molecule has 156 valence electrons. The summed E-state index contributed by atoms with van der Waals surface area (Å²) in [6, 6.07) is 0. The second-order valence-electron chi connectivity index (χ2n) is 6.77. The fourth-order valence-corrected chi connectivity index (χ4v) is 3.15. The van der Waals surface area contributed by atoms with Gasteiger partial charge in [-0.2, -0.15) is 0 Å². The van der Waals surface area contributed by atoms with Crippen LogP contribution in [0, 0.1) is 23.7 Å². The lowest BCUT2D eigenvalue weighted by atomic mass is 9.82. The molecule has 10 heteroatoms. The van der Waals surface area contributed by atoms with Gasteiger partial charge in [0.1, 0.15) is 0 Å². The van der Waals surface area contributed by atoms with Gasteiger partial charge in [-0.15, -0.1) is 0 Å². The summed E-state index contributed by atoms with van der Waals surface area (Å²) < 4.78 is 0. The molecule has 27 heavy (non-hydrogen) atoms. The van der Waals surface area contributed by atoms with Crippen LogP contribution in [0.15, 0.2) is 0 Å². The zero-order valence-corrected chi connectivity index (χ0v) is 15.4. The molecule has 0 saturated heterocycles. The first-order valence-corrected chi connectivity index (χ1v) is 9.09. The molecule has 0 atom stereocenters. The Bertz CT molecular complexity index is 407. The van der Waals surface area contributed by atoms with Crippen LogP contribution in [0.1, 0.15) is 51.4 Å². The molecule has 0 aromatic carbocycles. The Morgan fingerprint density at radius 1 is 0.630 bits per heavy atom. The molecular formula is C17H30N2O8. The molecule has 0 spiro atoms. The zero-order chi connectivity index (χ0) is 21.0. The third kappa shape index (κ3) is 9.90. The van der Waals surface area contributed by atoms with Crippen LogP contribution in [0.4, 0.5) is 0 Å². The molecule has 0 radical (unpaired) electrons. The van der Waals surface area contributed by atoms with Crippen LogP contribution in [-0.4, -0.2) is 40.8 Å². The van der Waals surface area contributed by atoms with Crippen molar-refractivity contribution in [3.05, 3.63) is 0 Å². The molecule has 2 saturated carbocycles. The SMILES string of the molecule is O=C([O-])C1CCC(C(=O)O)CC1.O=C([O-])C1CCC(C(=O)O)CC1.[NH3+]C[NH3+]. The van der Waals surface area contributed by atoms with E-state index in [0.717, 1.165) is 6.67 Å². The topological polar surface area (TPSA) is 210 Å². The molecule has 0 aromatic heterocycles. The first-order chi connectivity index (χ1) is 12.6. The van der Waals surface area contributed by atoms with Gasteiger partial charge in [0, 0.05) is 11.9 Å². The van der Waals surface area contributed by atoms with Crippen LogP contribution in [0.2, 0.25) is 0 Å². The first kappa shape index (κ1) is 24.8. The third-order valence-corrected chi connectivity index (χ3v) is 4.82. The summed E-state index contributed by atoms with van der Waals surface area (Å²) in [7, 11) is 0. The quantitative estimate of drug-likeness (QED) is 0.356. The predicted molar refractivity (Wildman–Crippen MR) is 86.8 cm³/mol. The highest BCUT2D eigenvalue weighted by atomic mass is 16.4. The summed E-state index contributed by atoms with van der Waals surface area (Å²) in [4.78, 5) is 41.7. The highest BCUT2D eigenvalue weighted by Crippen LogP contribution is 2.29. The summed E-state index contributed by atoms with van der Waals surface area (Å²) in [5.74, 6) is -5.27. The molecule has 2 rings (SSSR count). The van der Waals surface area contributed by atoms with E-state index in [1.54, 1.807) is 0 Å². The van der Waals surface area contributed by atoms with E-state index in [1.807, 2.05) is 0 Å². The van der Waals surface area contributed by atoms with Crippen LogP contribution >= 0.6 is 0 Å². The van der Waals surface area contributed by atoms with Gasteiger partial charge in [-0.25, -0.2) is 0 Å². The predicted octanol–water partition coefficient (Wildman–Crippen LogP) is -3.32. The molecule has 8 N–H and O–H groups in total. The lowest BCUT2D eigenvalue weighted by molar-refractivity contribution is -0.596. The van der Waals surface area contributed by atoms with E-state index >= 15 is 0 Å². The molecule has 0 heterocycles. The van der Waals surface area contributed by atoms with Crippen molar-refractivity contribution in [2.45, 2.75) is 51.4 Å². The second-order valence-corrected chi connectivity index (χ2v) is 6.77. The molecule has 0 bridgehead atoms. The summed E-state index contributed by atoms with van der Waals surface area (Å²) >= 11 is 0. The van der Waals surface area contributed by atoms with E-state index in [1.165, 1.54) is 0 Å². The number of hydrogen-bond acceptors (Lipinski definition) is 6. The van der Waals surface area contributed by atoms with E-state index in [2.05, 4.69) is 11.5 Å². The van der Waals surface area contributed by atoms with Gasteiger partial charge in [0.2, 0.25) is 0 Å². The Morgan fingerprint density at radius 2 is 0.815 bits per heavy atom. The van der Waals surface area contributed by atoms with Gasteiger partial charge in [0.15, 0.2) is 6.67 Å². The van der Waals surface area contributed by atoms with E-state index < -0.39 is 35.7 Å². The number of rotatable bonds is 4. The third-order valence-electron chi connectivity index (χ3n) is 4.82. The smallest absolute Gasteiger partial charge is 0.306 e. The minimum absolute atomic E-state index is 0.347. The number of carboxylic acids is 4. The first-order valence-electron chi connectivity index (χ1n) is 9.09. The van der Waals surface area contributed by atoms with E-state index in [0.29, 0.717) is 51.4 Å². The second kappa shape index (κ2) is 13.0. The van der Waals surface area contributed by atoms with E-state index in [9.17, 15) is 29.4 Å². The molecule has 0 unspecified atom stereocenters. The highest BCUT2D eigenvalue weighted by Gasteiger charge is 2.27. The van der Waals surface area contributed by atoms with Crippen molar-refractivity contribution in [3.63, 3.8) is 0 Å². The minimum Gasteiger partial charge on any atom is -0.550 e. The Morgan fingerprint density at radius 3 is 0.963 bits per heavy atom. The van der Waals surface area contributed by atoms with Gasteiger partial charge in [-0.3, -0.25) is 9.59 Å². The van der Waals surface area contributed by atoms with Crippen LogP contribution in [0.25, 0.3) is 0 Å². The lowest BCUT2D eigenvalue weighted by Crippen LogP contribution is -2.74. The molecule has 2 aliphatic rings. The average Bonchev–Trinajstić information content (AvgIpc) is 2.63. The van der Waals surface area contributed by atoms with Crippen molar-refractivity contribution in [1.29, 1.82) is 0 Å². The Balaban J connectivity index is 0.000000438. The van der Waals surface area contributed by atoms with Gasteiger partial charge < -0.3 is 41.5 Å². The van der Waals surface area contributed by atoms with Crippen molar-refractivity contribution in [2.24, 2.45) is 23.7 Å². The summed E-state index contributed by atoms with van der Waals surface area (Å²) in [6.07, 6.45) is 3.64. The maximum atomic E-state index is 10.5. The Kier molecular flexibility index (Phi) is 12.0. The van der Waals surface area contributed by atoms with E-state index in [-0.39, 0.29) is 11.8 Å². The molecule has 2 aliphatic carbocycles. The molecular weight excluding hydrogens is 360 g/mol. The molecule has 0 aromatic rings. The Labute approximate surface area is 157 Å². The van der Waals surface area contributed by atoms with Crippen molar-refractivity contribution in [1.82, 2.24) is 0 Å². The van der Waals surface area contributed by atoms with Crippen molar-refractivity contribution < 1.29 is 51.1 Å². The normalized spacial score (nSPS) is 27.0. The maximum Gasteiger partial charge on any atom is 0.306 e. The minimum atomic E-state index is -1.04. The van der Waals surface area contributed by atoms with Gasteiger partial charge in [-0.05, 0) is 63.2 Å². The maximum absolute atomic E-state index is 10.5. The number of quaternary nitrogens is 2. The highest BCUT2D eigenvalue weighted by molar-refractivity contribution is 5.72. The van der Waals surface area contributed by atoms with Crippen molar-refractivity contribution >= 4 is 23.9 Å². The molecule has 0 amide bonds. The fourth-order valence-electron chi connectivity index (χ4n) is 3.15. The lowest BCUT2D eigenvalue weighted by Gasteiger charge is -2.26. The van der Waals surface area contributed by atoms with Crippen LogP contribution in [0.3, 0.4) is 0 Å². The number of carbonyl (C=O) groups excluding carboxylic acids is 2. The van der Waals surface area contributed by atoms with E-state index in [4.69, 9.17) is 10.2 Å². The number of carboxylic acid groups (broad SMARTS) is 4. The van der Waals surface area contributed by atoms with Gasteiger partial charge in [-0.1, -0.05) is 0 Å². The van der Waals surface area contributed by atoms with Gasteiger partial charge in [0.05, 0.1) is 11.8 Å². The van der Waals surface area contributed by atoms with Gasteiger partial charge >= 0.3 is 11.9 Å². The number of carbonyl (C=O) groups is 4. The molecule has 2 fully saturated rings. The standard InChI is InChI=1S/2C8H12O4.CH6N2/c2*9-7(10)5-1-2-6(4-3-5)8(11)12;2-1-3/h2*5-6H,1-4H2,(H,9,10)(H,11,12);1-3H2. The molecule has 0 aliphatic heterocycles. The molecule has 10 nitrogen and oxygen atoms in total. The number of aliphatic carboxylic acids is 4. The van der Waals surface area contributed by atoms with Gasteiger partial charge in [0.25, 0.3) is 0 Å². The summed E-state index contributed by atoms with van der Waals surface area (Å²) in [5, 5.41) is 37.9. The largest absolute Gasteiger partial charge is 0.550 e. The van der Waals surface area contributed by atoms with Crippen molar-refractivity contribution in [3.8, 4) is 0 Å². The fraction of sp³-hybridized carbons (Fsp3) is 0.765. The summed E-state index contributed by atoms with van der Waals surface area (Å²) in [5.41, 5.74) is 6.75. The van der Waals surface area contributed by atoms with Crippen LogP contribution in [0.5, 0.6) is 0 Å².